The van der Waals surface area contributed by atoms with E-state index in [0.717, 1.165) is 5.56 Å². The number of aliphatic carboxylic acids is 1. The second-order valence-electron chi connectivity index (χ2n) is 4.85. The van der Waals surface area contributed by atoms with Crippen LogP contribution in [0, 0.1) is 11.8 Å². The van der Waals surface area contributed by atoms with Crippen LogP contribution in [0.2, 0.25) is 0 Å². The molecule has 0 saturated heterocycles. The zero-order valence-corrected chi connectivity index (χ0v) is 11.7. The Bertz CT molecular complexity index is 637. The summed E-state index contributed by atoms with van der Waals surface area (Å²) in [6.45, 7) is 3.10. The fourth-order valence-electron chi connectivity index (χ4n) is 1.81. The number of amides is 1. The van der Waals surface area contributed by atoms with Gasteiger partial charge in [0.05, 0.1) is 12.1 Å². The second kappa shape index (κ2) is 6.21. The fourth-order valence-corrected chi connectivity index (χ4v) is 1.81. The topological polar surface area (TPSA) is 92.4 Å². The summed E-state index contributed by atoms with van der Waals surface area (Å²) in [5.41, 5.74) is 1.36. The summed E-state index contributed by atoms with van der Waals surface area (Å²) >= 11 is 0. The molecule has 21 heavy (non-hydrogen) atoms. The second-order valence-corrected chi connectivity index (χ2v) is 4.85. The van der Waals surface area contributed by atoms with Crippen LogP contribution in [-0.4, -0.2) is 22.0 Å². The lowest BCUT2D eigenvalue weighted by atomic mass is 9.95. The highest BCUT2D eigenvalue weighted by atomic mass is 16.4. The molecule has 1 aromatic heterocycles. The van der Waals surface area contributed by atoms with Crippen molar-refractivity contribution in [3.63, 3.8) is 0 Å². The van der Waals surface area contributed by atoms with E-state index in [9.17, 15) is 9.59 Å². The van der Waals surface area contributed by atoms with Gasteiger partial charge in [0.15, 0.2) is 12.2 Å². The molecule has 2 unspecified atom stereocenters. The molecule has 2 atom stereocenters. The molecule has 110 valence electrons. The van der Waals surface area contributed by atoms with Gasteiger partial charge >= 0.3 is 5.97 Å². The van der Waals surface area contributed by atoms with Crippen molar-refractivity contribution < 1.29 is 19.1 Å². The SMILES string of the molecule is CC(C(=O)O)C(C)C(=O)Nc1cccc(-c2cnco2)c1. The molecule has 6 heteroatoms. The van der Waals surface area contributed by atoms with Crippen LogP contribution in [0.15, 0.2) is 41.3 Å². The smallest absolute Gasteiger partial charge is 0.307 e. The maximum absolute atomic E-state index is 12.0. The molecule has 0 radical (unpaired) electrons. The number of rotatable bonds is 5. The molecule has 1 aromatic carbocycles. The van der Waals surface area contributed by atoms with Gasteiger partial charge < -0.3 is 14.8 Å². The largest absolute Gasteiger partial charge is 0.481 e. The summed E-state index contributed by atoms with van der Waals surface area (Å²) in [6, 6.07) is 7.09. The minimum atomic E-state index is -0.993. The lowest BCUT2D eigenvalue weighted by Gasteiger charge is -2.16. The standard InChI is InChI=1S/C15H16N2O4/c1-9(10(2)15(19)20)14(18)17-12-5-3-4-11(6-12)13-7-16-8-21-13/h3-10H,1-2H3,(H,17,18)(H,19,20). The Labute approximate surface area is 121 Å². The van der Waals surface area contributed by atoms with Crippen LogP contribution >= 0.6 is 0 Å². The Morgan fingerprint density at radius 3 is 2.67 bits per heavy atom. The Balaban J connectivity index is 2.11. The van der Waals surface area contributed by atoms with E-state index < -0.39 is 17.8 Å². The van der Waals surface area contributed by atoms with E-state index in [-0.39, 0.29) is 5.91 Å². The molecule has 2 rings (SSSR count). The van der Waals surface area contributed by atoms with Gasteiger partial charge in [0, 0.05) is 17.2 Å². The quantitative estimate of drug-likeness (QED) is 0.882. The van der Waals surface area contributed by atoms with Crippen molar-refractivity contribution in [2.45, 2.75) is 13.8 Å². The number of hydrogen-bond acceptors (Lipinski definition) is 4. The highest BCUT2D eigenvalue weighted by Crippen LogP contribution is 2.23. The Morgan fingerprint density at radius 2 is 2.05 bits per heavy atom. The number of anilines is 1. The molecule has 1 amide bonds. The summed E-state index contributed by atoms with van der Waals surface area (Å²) in [5, 5.41) is 11.7. The van der Waals surface area contributed by atoms with Gasteiger partial charge in [-0.2, -0.15) is 0 Å². The monoisotopic (exact) mass is 288 g/mol. The number of carbonyl (C=O) groups excluding carboxylic acids is 1. The molecule has 0 spiro atoms. The van der Waals surface area contributed by atoms with E-state index in [1.165, 1.54) is 13.3 Å². The van der Waals surface area contributed by atoms with Crippen molar-refractivity contribution >= 4 is 17.6 Å². The predicted molar refractivity (Wildman–Crippen MR) is 76.5 cm³/mol. The first-order valence-corrected chi connectivity index (χ1v) is 6.51. The summed E-state index contributed by atoms with van der Waals surface area (Å²) in [5.74, 6) is -2.11. The third-order valence-corrected chi connectivity index (χ3v) is 3.40. The van der Waals surface area contributed by atoms with Gasteiger partial charge in [-0.25, -0.2) is 4.98 Å². The number of hydrogen-bond donors (Lipinski definition) is 2. The first kappa shape index (κ1) is 14.8. The average Bonchev–Trinajstić information content (AvgIpc) is 3.00. The van der Waals surface area contributed by atoms with Gasteiger partial charge in [0.2, 0.25) is 5.91 Å². The molecule has 6 nitrogen and oxygen atoms in total. The van der Waals surface area contributed by atoms with Gasteiger partial charge in [-0.05, 0) is 12.1 Å². The van der Waals surface area contributed by atoms with Crippen LogP contribution < -0.4 is 5.32 Å². The highest BCUT2D eigenvalue weighted by Gasteiger charge is 2.25. The number of oxazole rings is 1. The molecular formula is C15H16N2O4. The zero-order chi connectivity index (χ0) is 15.4. The number of carbonyl (C=O) groups is 2. The van der Waals surface area contributed by atoms with Gasteiger partial charge in [-0.1, -0.05) is 26.0 Å². The lowest BCUT2D eigenvalue weighted by molar-refractivity contribution is -0.145. The fraction of sp³-hybridized carbons (Fsp3) is 0.267. The Morgan fingerprint density at radius 1 is 1.29 bits per heavy atom. The minimum absolute atomic E-state index is 0.334. The van der Waals surface area contributed by atoms with Crippen molar-refractivity contribution in [2.24, 2.45) is 11.8 Å². The Kier molecular flexibility index (Phi) is 4.37. The third kappa shape index (κ3) is 3.47. The normalized spacial score (nSPS) is 13.4. The molecule has 0 saturated carbocycles. The van der Waals surface area contributed by atoms with Crippen LogP contribution in [0.25, 0.3) is 11.3 Å². The molecule has 0 fully saturated rings. The molecule has 0 aliphatic rings. The summed E-state index contributed by atoms with van der Waals surface area (Å²) < 4.78 is 5.20. The number of nitrogens with one attached hydrogen (secondary N) is 1. The molecule has 0 aliphatic carbocycles. The number of carboxylic acid groups (broad SMARTS) is 1. The van der Waals surface area contributed by atoms with Crippen molar-refractivity contribution in [3.05, 3.63) is 36.9 Å². The van der Waals surface area contributed by atoms with Crippen LogP contribution in [-0.2, 0) is 9.59 Å². The first-order chi connectivity index (χ1) is 9.99. The summed E-state index contributed by atoms with van der Waals surface area (Å²) in [7, 11) is 0. The lowest BCUT2D eigenvalue weighted by Crippen LogP contribution is -2.29. The van der Waals surface area contributed by atoms with Gasteiger partial charge in [-0.15, -0.1) is 0 Å². The summed E-state index contributed by atoms with van der Waals surface area (Å²) in [6.07, 6.45) is 2.91. The van der Waals surface area contributed by atoms with Crippen LogP contribution in [0.1, 0.15) is 13.8 Å². The van der Waals surface area contributed by atoms with Crippen molar-refractivity contribution in [3.8, 4) is 11.3 Å². The minimum Gasteiger partial charge on any atom is -0.481 e. The third-order valence-electron chi connectivity index (χ3n) is 3.40. The van der Waals surface area contributed by atoms with Crippen LogP contribution in [0.4, 0.5) is 5.69 Å². The van der Waals surface area contributed by atoms with Crippen molar-refractivity contribution in [1.82, 2.24) is 4.98 Å². The number of aromatic nitrogens is 1. The van der Waals surface area contributed by atoms with Crippen LogP contribution in [0.3, 0.4) is 0 Å². The molecule has 0 aliphatic heterocycles. The van der Waals surface area contributed by atoms with Crippen molar-refractivity contribution in [1.29, 1.82) is 0 Å². The van der Waals surface area contributed by atoms with E-state index in [0.29, 0.717) is 11.4 Å². The molecule has 2 aromatic rings. The van der Waals surface area contributed by atoms with E-state index in [4.69, 9.17) is 9.52 Å². The average molecular weight is 288 g/mol. The maximum atomic E-state index is 12.0. The van der Waals surface area contributed by atoms with Gasteiger partial charge in [0.1, 0.15) is 0 Å². The summed E-state index contributed by atoms with van der Waals surface area (Å²) in [4.78, 5) is 26.8. The van der Waals surface area contributed by atoms with E-state index in [2.05, 4.69) is 10.3 Å². The molecule has 1 heterocycles. The maximum Gasteiger partial charge on any atom is 0.307 e. The van der Waals surface area contributed by atoms with E-state index in [1.54, 1.807) is 31.3 Å². The van der Waals surface area contributed by atoms with Gasteiger partial charge in [0.25, 0.3) is 0 Å². The van der Waals surface area contributed by atoms with Gasteiger partial charge in [-0.3, -0.25) is 9.59 Å². The highest BCUT2D eigenvalue weighted by molar-refractivity contribution is 5.95. The zero-order valence-electron chi connectivity index (χ0n) is 11.7. The van der Waals surface area contributed by atoms with Crippen LogP contribution in [0.5, 0.6) is 0 Å². The number of carboxylic acids is 1. The number of nitrogens with zero attached hydrogens (tertiary/aromatic N) is 1. The predicted octanol–water partition coefficient (Wildman–Crippen LogP) is 2.64. The Hall–Kier alpha value is -2.63. The van der Waals surface area contributed by atoms with E-state index in [1.807, 2.05) is 6.07 Å². The van der Waals surface area contributed by atoms with Crippen molar-refractivity contribution in [2.75, 3.05) is 5.32 Å². The van der Waals surface area contributed by atoms with E-state index >= 15 is 0 Å². The number of benzene rings is 1. The first-order valence-electron chi connectivity index (χ1n) is 6.51. The molecule has 2 N–H and O–H groups in total. The molecular weight excluding hydrogens is 272 g/mol. The molecule has 0 bridgehead atoms.